The second kappa shape index (κ2) is 6.58. The van der Waals surface area contributed by atoms with Crippen LogP contribution in [0.15, 0.2) is 30.3 Å². The molecule has 0 saturated carbocycles. The number of amides is 1. The molecule has 0 aromatic heterocycles. The van der Waals surface area contributed by atoms with E-state index in [2.05, 4.69) is 10.6 Å². The maximum Gasteiger partial charge on any atom is 0.408 e. The summed E-state index contributed by atoms with van der Waals surface area (Å²) < 4.78 is 5.12. The average molecular weight is 292 g/mol. The first kappa shape index (κ1) is 15.3. The van der Waals surface area contributed by atoms with E-state index in [-0.39, 0.29) is 12.5 Å². The number of carboxylic acid groups (broad SMARTS) is 1. The summed E-state index contributed by atoms with van der Waals surface area (Å²) in [6.07, 6.45) is -0.362. The van der Waals surface area contributed by atoms with Crippen molar-refractivity contribution in [2.75, 3.05) is 13.1 Å². The van der Waals surface area contributed by atoms with Gasteiger partial charge in [-0.05, 0) is 18.5 Å². The monoisotopic (exact) mass is 292 g/mol. The molecule has 0 radical (unpaired) electrons. The zero-order chi connectivity index (χ0) is 15.3. The van der Waals surface area contributed by atoms with Crippen LogP contribution in [0.1, 0.15) is 18.9 Å². The summed E-state index contributed by atoms with van der Waals surface area (Å²) >= 11 is 0. The second-order valence-corrected chi connectivity index (χ2v) is 5.32. The van der Waals surface area contributed by atoms with Gasteiger partial charge in [-0.3, -0.25) is 0 Å². The predicted molar refractivity (Wildman–Crippen MR) is 76.8 cm³/mol. The van der Waals surface area contributed by atoms with Crippen LogP contribution < -0.4 is 10.6 Å². The van der Waals surface area contributed by atoms with E-state index in [4.69, 9.17) is 4.74 Å². The zero-order valence-corrected chi connectivity index (χ0v) is 12.0. The van der Waals surface area contributed by atoms with Crippen LogP contribution in [0.4, 0.5) is 4.79 Å². The van der Waals surface area contributed by atoms with E-state index in [1.54, 1.807) is 6.92 Å². The van der Waals surface area contributed by atoms with Crippen molar-refractivity contribution >= 4 is 12.1 Å². The van der Waals surface area contributed by atoms with Gasteiger partial charge in [-0.2, -0.15) is 0 Å². The summed E-state index contributed by atoms with van der Waals surface area (Å²) in [6.45, 7) is 3.02. The normalized spacial score (nSPS) is 25.1. The number of benzene rings is 1. The lowest BCUT2D eigenvalue weighted by molar-refractivity contribution is -0.148. The summed E-state index contributed by atoms with van der Waals surface area (Å²) in [5.74, 6) is -1.24. The molecule has 1 heterocycles. The lowest BCUT2D eigenvalue weighted by Crippen LogP contribution is -2.64. The third-order valence-corrected chi connectivity index (χ3v) is 3.91. The molecule has 1 saturated heterocycles. The van der Waals surface area contributed by atoms with Gasteiger partial charge in [-0.15, -0.1) is 0 Å². The Balaban J connectivity index is 1.97. The topological polar surface area (TPSA) is 87.7 Å². The third kappa shape index (κ3) is 3.52. The van der Waals surface area contributed by atoms with Gasteiger partial charge < -0.3 is 20.5 Å². The molecule has 3 N–H and O–H groups in total. The van der Waals surface area contributed by atoms with Gasteiger partial charge >= 0.3 is 12.1 Å². The maximum atomic E-state index is 11.9. The molecule has 0 spiro atoms. The number of aliphatic carboxylic acids is 1. The molecule has 1 aliphatic rings. The van der Waals surface area contributed by atoms with E-state index in [0.717, 1.165) is 5.56 Å². The van der Waals surface area contributed by atoms with Gasteiger partial charge in [-0.25, -0.2) is 9.59 Å². The summed E-state index contributed by atoms with van der Waals surface area (Å²) in [7, 11) is 0. The summed E-state index contributed by atoms with van der Waals surface area (Å²) in [5, 5.41) is 15.2. The highest BCUT2D eigenvalue weighted by atomic mass is 16.5. The second-order valence-electron chi connectivity index (χ2n) is 5.32. The highest BCUT2D eigenvalue weighted by Gasteiger charge is 2.46. The Labute approximate surface area is 123 Å². The Bertz CT molecular complexity index is 506. The molecule has 1 aromatic rings. The number of rotatable bonds is 4. The first-order chi connectivity index (χ1) is 10.0. The number of ether oxygens (including phenoxy) is 1. The van der Waals surface area contributed by atoms with Crippen LogP contribution in [0.2, 0.25) is 0 Å². The van der Waals surface area contributed by atoms with Crippen LogP contribution in [0.3, 0.4) is 0 Å². The molecule has 1 aromatic carbocycles. The van der Waals surface area contributed by atoms with Gasteiger partial charge in [0, 0.05) is 12.5 Å². The summed E-state index contributed by atoms with van der Waals surface area (Å²) in [4.78, 5) is 23.5. The molecule has 0 aliphatic carbocycles. The lowest BCUT2D eigenvalue weighted by atomic mass is 9.79. The van der Waals surface area contributed by atoms with Gasteiger partial charge in [-0.1, -0.05) is 37.3 Å². The van der Waals surface area contributed by atoms with Crippen molar-refractivity contribution in [3.8, 4) is 0 Å². The van der Waals surface area contributed by atoms with Gasteiger partial charge in [0.05, 0.1) is 0 Å². The van der Waals surface area contributed by atoms with Gasteiger partial charge in [0.1, 0.15) is 12.1 Å². The minimum Gasteiger partial charge on any atom is -0.479 e. The number of carbonyl (C=O) groups is 2. The van der Waals surface area contributed by atoms with Gasteiger partial charge in [0.15, 0.2) is 0 Å². The fourth-order valence-corrected chi connectivity index (χ4v) is 2.52. The standard InChI is InChI=1S/C15H20N2O4/c1-11-9-16-8-7-15(11,13(18)19)17-14(20)21-10-12-5-3-2-4-6-12/h2-6,11,16H,7-10H2,1H3,(H,17,20)(H,18,19). The summed E-state index contributed by atoms with van der Waals surface area (Å²) in [6, 6.07) is 9.26. The highest BCUT2D eigenvalue weighted by Crippen LogP contribution is 2.25. The summed E-state index contributed by atoms with van der Waals surface area (Å²) in [5.41, 5.74) is -0.408. The van der Waals surface area contributed by atoms with Crippen molar-refractivity contribution in [1.29, 1.82) is 0 Å². The highest BCUT2D eigenvalue weighted by molar-refractivity contribution is 5.85. The predicted octanol–water partition coefficient (Wildman–Crippen LogP) is 1.37. The Morgan fingerprint density at radius 1 is 1.43 bits per heavy atom. The van der Waals surface area contributed by atoms with Crippen molar-refractivity contribution in [2.45, 2.75) is 25.5 Å². The SMILES string of the molecule is CC1CNCCC1(NC(=O)OCc1ccccc1)C(=O)O. The fourth-order valence-electron chi connectivity index (χ4n) is 2.52. The van der Waals surface area contributed by atoms with Crippen LogP contribution in [0.5, 0.6) is 0 Å². The van der Waals surface area contributed by atoms with E-state index in [9.17, 15) is 14.7 Å². The molecular weight excluding hydrogens is 272 g/mol. The number of hydrogen-bond donors (Lipinski definition) is 3. The quantitative estimate of drug-likeness (QED) is 0.780. The van der Waals surface area contributed by atoms with Crippen LogP contribution in [0.25, 0.3) is 0 Å². The molecular formula is C15H20N2O4. The van der Waals surface area contributed by atoms with Crippen LogP contribution in [0, 0.1) is 5.92 Å². The van der Waals surface area contributed by atoms with Crippen LogP contribution in [-0.2, 0) is 16.1 Å². The lowest BCUT2D eigenvalue weighted by Gasteiger charge is -2.39. The number of hydrogen-bond acceptors (Lipinski definition) is 4. The first-order valence-electron chi connectivity index (χ1n) is 6.97. The molecule has 1 aliphatic heterocycles. The maximum absolute atomic E-state index is 11.9. The number of alkyl carbamates (subject to hydrolysis) is 1. The molecule has 114 valence electrons. The van der Waals surface area contributed by atoms with Crippen LogP contribution in [-0.4, -0.2) is 35.8 Å². The number of piperidine rings is 1. The van der Waals surface area contributed by atoms with Crippen molar-refractivity contribution in [1.82, 2.24) is 10.6 Å². The molecule has 21 heavy (non-hydrogen) atoms. The van der Waals surface area contributed by atoms with E-state index in [1.807, 2.05) is 30.3 Å². The molecule has 2 unspecified atom stereocenters. The van der Waals surface area contributed by atoms with Crippen molar-refractivity contribution in [3.05, 3.63) is 35.9 Å². The van der Waals surface area contributed by atoms with Crippen LogP contribution >= 0.6 is 0 Å². The van der Waals surface area contributed by atoms with E-state index in [1.165, 1.54) is 0 Å². The minimum absolute atomic E-state index is 0.120. The molecule has 6 heteroatoms. The zero-order valence-electron chi connectivity index (χ0n) is 12.0. The minimum atomic E-state index is -1.26. The van der Waals surface area contributed by atoms with Crippen molar-refractivity contribution < 1.29 is 19.4 Å². The number of nitrogens with one attached hydrogen (secondary N) is 2. The Hall–Kier alpha value is -2.08. The Kier molecular flexibility index (Phi) is 4.80. The Morgan fingerprint density at radius 3 is 2.76 bits per heavy atom. The third-order valence-electron chi connectivity index (χ3n) is 3.91. The van der Waals surface area contributed by atoms with Crippen molar-refractivity contribution in [2.24, 2.45) is 5.92 Å². The molecule has 0 bridgehead atoms. The molecule has 2 atom stereocenters. The average Bonchev–Trinajstić information content (AvgIpc) is 2.48. The van der Waals surface area contributed by atoms with Crippen molar-refractivity contribution in [3.63, 3.8) is 0 Å². The first-order valence-corrected chi connectivity index (χ1v) is 6.97. The van der Waals surface area contributed by atoms with Gasteiger partial charge in [0.25, 0.3) is 0 Å². The number of carbonyl (C=O) groups excluding carboxylic acids is 1. The van der Waals surface area contributed by atoms with E-state index >= 15 is 0 Å². The van der Waals surface area contributed by atoms with E-state index < -0.39 is 17.6 Å². The molecule has 1 amide bonds. The molecule has 6 nitrogen and oxygen atoms in total. The van der Waals surface area contributed by atoms with Gasteiger partial charge in [0.2, 0.25) is 0 Å². The molecule has 1 fully saturated rings. The fraction of sp³-hybridized carbons (Fsp3) is 0.467. The molecule has 2 rings (SSSR count). The van der Waals surface area contributed by atoms with E-state index in [0.29, 0.717) is 19.5 Å². The smallest absolute Gasteiger partial charge is 0.408 e. The number of carboxylic acids is 1. The Morgan fingerprint density at radius 2 is 2.14 bits per heavy atom. The largest absolute Gasteiger partial charge is 0.479 e.